The molecule has 0 spiro atoms. The number of hydrogen-bond donors (Lipinski definition) is 0. The van der Waals surface area contributed by atoms with Crippen LogP contribution in [0, 0.1) is 5.82 Å². The highest BCUT2D eigenvalue weighted by Crippen LogP contribution is 2.26. The average Bonchev–Trinajstić information content (AvgIpc) is 2.93. The lowest BCUT2D eigenvalue weighted by Crippen LogP contribution is -2.02. The molecule has 0 unspecified atom stereocenters. The van der Waals surface area contributed by atoms with Crippen LogP contribution in [0.25, 0.3) is 11.1 Å². The molecule has 5 heteroatoms. The first-order valence-electron chi connectivity index (χ1n) is 15.0. The standard InChI is InChI=1S/C35H45FO3S/c1-40(38,39)34-25-23-31(24-26-34)35-22-15-14-19-30(35)18-12-10-8-6-4-2-3-5-7-9-11-13-21-33(37)28-29-17-16-20-32(36)27-29/h14-17,19-20,22-27H,2-13,18,21,28H2,1H3. The Bertz CT molecular complexity index is 1280. The lowest BCUT2D eigenvalue weighted by atomic mass is 9.95. The van der Waals surface area contributed by atoms with Crippen LogP contribution in [0.4, 0.5) is 4.39 Å². The van der Waals surface area contributed by atoms with Gasteiger partial charge in [0.15, 0.2) is 9.84 Å². The van der Waals surface area contributed by atoms with Crippen LogP contribution < -0.4 is 0 Å². The Kier molecular flexibility index (Phi) is 13.6. The van der Waals surface area contributed by atoms with E-state index in [4.69, 9.17) is 0 Å². The summed E-state index contributed by atoms with van der Waals surface area (Å²) in [5.74, 6) is -0.0718. The van der Waals surface area contributed by atoms with E-state index in [1.54, 1.807) is 18.2 Å². The van der Waals surface area contributed by atoms with Crippen LogP contribution in [-0.4, -0.2) is 20.5 Å². The smallest absolute Gasteiger partial charge is 0.175 e. The van der Waals surface area contributed by atoms with Gasteiger partial charge in [0.05, 0.1) is 4.90 Å². The first-order chi connectivity index (χ1) is 19.3. The number of unbranched alkanes of at least 4 members (excludes halogenated alkanes) is 11. The molecule has 0 N–H and O–H groups in total. The monoisotopic (exact) mass is 564 g/mol. The number of carbonyl (C=O) groups excluding carboxylic acids is 1. The van der Waals surface area contributed by atoms with Gasteiger partial charge in [-0.1, -0.05) is 113 Å². The lowest BCUT2D eigenvalue weighted by Gasteiger charge is -2.10. The molecule has 0 aliphatic rings. The molecule has 40 heavy (non-hydrogen) atoms. The summed E-state index contributed by atoms with van der Waals surface area (Å²) in [6.45, 7) is 0. The predicted octanol–water partition coefficient (Wildman–Crippen LogP) is 9.32. The molecule has 3 aromatic carbocycles. The minimum atomic E-state index is -3.18. The Morgan fingerprint density at radius 1 is 0.675 bits per heavy atom. The van der Waals surface area contributed by atoms with Gasteiger partial charge >= 0.3 is 0 Å². The van der Waals surface area contributed by atoms with E-state index >= 15 is 0 Å². The zero-order valence-corrected chi connectivity index (χ0v) is 24.9. The average molecular weight is 565 g/mol. The maximum absolute atomic E-state index is 13.2. The fraction of sp³-hybridized carbons (Fsp3) is 0.457. The molecule has 0 saturated carbocycles. The summed E-state index contributed by atoms with van der Waals surface area (Å²) in [5.41, 5.74) is 4.35. The van der Waals surface area contributed by atoms with Gasteiger partial charge < -0.3 is 0 Å². The minimum absolute atomic E-state index is 0.205. The molecule has 3 nitrogen and oxygen atoms in total. The lowest BCUT2D eigenvalue weighted by molar-refractivity contribution is -0.118. The van der Waals surface area contributed by atoms with Gasteiger partial charge in [0.1, 0.15) is 11.6 Å². The van der Waals surface area contributed by atoms with E-state index in [-0.39, 0.29) is 11.6 Å². The van der Waals surface area contributed by atoms with Crippen molar-refractivity contribution in [1.82, 2.24) is 0 Å². The van der Waals surface area contributed by atoms with Crippen molar-refractivity contribution in [3.63, 3.8) is 0 Å². The molecule has 0 atom stereocenters. The molecule has 0 amide bonds. The van der Waals surface area contributed by atoms with E-state index in [1.807, 2.05) is 24.3 Å². The molecule has 0 aromatic heterocycles. The van der Waals surface area contributed by atoms with Crippen LogP contribution in [-0.2, 0) is 27.5 Å². The van der Waals surface area contributed by atoms with E-state index < -0.39 is 9.84 Å². The van der Waals surface area contributed by atoms with Crippen molar-refractivity contribution in [2.75, 3.05) is 6.26 Å². The van der Waals surface area contributed by atoms with Crippen LogP contribution >= 0.6 is 0 Å². The van der Waals surface area contributed by atoms with Crippen molar-refractivity contribution in [3.8, 4) is 11.1 Å². The number of halogens is 1. The first kappa shape index (κ1) is 31.7. The Morgan fingerprint density at radius 2 is 1.25 bits per heavy atom. The summed E-state index contributed by atoms with van der Waals surface area (Å²) in [6.07, 6.45) is 17.8. The molecule has 0 fully saturated rings. The molecule has 216 valence electrons. The third kappa shape index (κ3) is 11.8. The number of sulfone groups is 1. The second-order valence-corrected chi connectivity index (χ2v) is 13.1. The molecule has 0 radical (unpaired) electrons. The number of ketones is 1. The summed E-state index contributed by atoms with van der Waals surface area (Å²) in [4.78, 5) is 12.4. The van der Waals surface area contributed by atoms with Crippen molar-refractivity contribution in [2.45, 2.75) is 101 Å². The highest BCUT2D eigenvalue weighted by molar-refractivity contribution is 7.90. The van der Waals surface area contributed by atoms with Crippen LogP contribution in [0.5, 0.6) is 0 Å². The first-order valence-corrected chi connectivity index (χ1v) is 16.9. The fourth-order valence-corrected chi connectivity index (χ4v) is 5.90. The number of hydrogen-bond acceptors (Lipinski definition) is 3. The normalized spacial score (nSPS) is 11.6. The van der Waals surface area contributed by atoms with Crippen molar-refractivity contribution in [1.29, 1.82) is 0 Å². The second kappa shape index (κ2) is 17.1. The maximum atomic E-state index is 13.2. The minimum Gasteiger partial charge on any atom is -0.299 e. The quantitative estimate of drug-likeness (QED) is 0.136. The summed E-state index contributed by atoms with van der Waals surface area (Å²) in [7, 11) is -3.18. The molecule has 0 heterocycles. The van der Waals surface area contributed by atoms with E-state index in [1.165, 1.54) is 93.7 Å². The topological polar surface area (TPSA) is 51.2 Å². The van der Waals surface area contributed by atoms with E-state index in [0.29, 0.717) is 17.7 Å². The summed E-state index contributed by atoms with van der Waals surface area (Å²) >= 11 is 0. The zero-order valence-electron chi connectivity index (χ0n) is 24.0. The Balaban J connectivity index is 1.18. The third-order valence-electron chi connectivity index (χ3n) is 7.55. The molecular weight excluding hydrogens is 519 g/mol. The van der Waals surface area contributed by atoms with Crippen molar-refractivity contribution < 1.29 is 17.6 Å². The number of benzene rings is 3. The number of carbonyl (C=O) groups is 1. The van der Waals surface area contributed by atoms with Crippen LogP contribution in [0.15, 0.2) is 77.7 Å². The van der Waals surface area contributed by atoms with Gasteiger partial charge in [-0.3, -0.25) is 4.79 Å². The van der Waals surface area contributed by atoms with Gasteiger partial charge in [-0.15, -0.1) is 0 Å². The van der Waals surface area contributed by atoms with Crippen LogP contribution in [0.1, 0.15) is 94.6 Å². The van der Waals surface area contributed by atoms with E-state index in [2.05, 4.69) is 18.2 Å². The second-order valence-electron chi connectivity index (χ2n) is 11.0. The van der Waals surface area contributed by atoms with Crippen LogP contribution in [0.2, 0.25) is 0 Å². The number of Topliss-reactive ketones (excluding diaryl/α,β-unsaturated/α-hetero) is 1. The Labute approximate surface area is 241 Å². The van der Waals surface area contributed by atoms with E-state index in [0.717, 1.165) is 30.4 Å². The molecule has 3 aromatic rings. The summed E-state index contributed by atoms with van der Waals surface area (Å²) in [5, 5.41) is 0. The van der Waals surface area contributed by atoms with Crippen molar-refractivity contribution in [2.24, 2.45) is 0 Å². The predicted molar refractivity (Wildman–Crippen MR) is 164 cm³/mol. The maximum Gasteiger partial charge on any atom is 0.175 e. The summed E-state index contributed by atoms with van der Waals surface area (Å²) in [6, 6.07) is 22.0. The van der Waals surface area contributed by atoms with Gasteiger partial charge in [0.2, 0.25) is 0 Å². The number of aryl methyl sites for hydroxylation is 1. The molecular formula is C35H45FO3S. The number of rotatable bonds is 19. The highest BCUT2D eigenvalue weighted by Gasteiger charge is 2.09. The molecule has 0 aliphatic heterocycles. The molecule has 0 aliphatic carbocycles. The van der Waals surface area contributed by atoms with Gasteiger partial charge in [0.25, 0.3) is 0 Å². The third-order valence-corrected chi connectivity index (χ3v) is 8.68. The highest BCUT2D eigenvalue weighted by atomic mass is 32.2. The molecule has 0 bridgehead atoms. The largest absolute Gasteiger partial charge is 0.299 e. The zero-order chi connectivity index (χ0) is 28.6. The Hall–Kier alpha value is -2.79. The van der Waals surface area contributed by atoms with Crippen molar-refractivity contribution >= 4 is 15.6 Å². The fourth-order valence-electron chi connectivity index (χ4n) is 5.27. The molecule has 3 rings (SSSR count). The van der Waals surface area contributed by atoms with Gasteiger partial charge in [-0.05, 0) is 65.8 Å². The van der Waals surface area contributed by atoms with E-state index in [9.17, 15) is 17.6 Å². The SMILES string of the molecule is CS(=O)(=O)c1ccc(-c2ccccc2CCCCCCCCCCCCCCC(=O)Cc2cccc(F)c2)cc1. The van der Waals surface area contributed by atoms with Crippen molar-refractivity contribution in [3.05, 3.63) is 89.7 Å². The van der Waals surface area contributed by atoms with Gasteiger partial charge in [-0.2, -0.15) is 0 Å². The van der Waals surface area contributed by atoms with Gasteiger partial charge in [-0.25, -0.2) is 12.8 Å². The van der Waals surface area contributed by atoms with Gasteiger partial charge in [0, 0.05) is 19.1 Å². The van der Waals surface area contributed by atoms with Crippen LogP contribution in [0.3, 0.4) is 0 Å². The summed E-state index contributed by atoms with van der Waals surface area (Å²) < 4.78 is 36.7. The molecule has 0 saturated heterocycles. The Morgan fingerprint density at radius 3 is 1.85 bits per heavy atom.